The van der Waals surface area contributed by atoms with Crippen molar-refractivity contribution in [1.29, 1.82) is 0 Å². The second-order valence-electron chi connectivity index (χ2n) is 0.659. The van der Waals surface area contributed by atoms with Crippen molar-refractivity contribution in [3.63, 3.8) is 0 Å². The Labute approximate surface area is 98.4 Å². The molecule has 0 bridgehead atoms. The predicted octanol–water partition coefficient (Wildman–Crippen LogP) is -6.49. The fourth-order valence-corrected chi connectivity index (χ4v) is 0. The van der Waals surface area contributed by atoms with Crippen LogP contribution < -0.4 is 59.1 Å². The van der Waals surface area contributed by atoms with Crippen LogP contribution in [0.1, 0.15) is 0 Å². The van der Waals surface area contributed by atoms with Crippen molar-refractivity contribution in [1.82, 2.24) is 0 Å². The van der Waals surface area contributed by atoms with E-state index in [1.165, 1.54) is 0 Å². The molecular weight excluding hydrogens is 166 g/mol. The molecule has 0 aliphatic rings. The van der Waals surface area contributed by atoms with E-state index in [4.69, 9.17) is 0 Å². The largest absolute Gasteiger partial charge is 1.00 e. The van der Waals surface area contributed by atoms with Crippen LogP contribution in [0.2, 0.25) is 0 Å². The summed E-state index contributed by atoms with van der Waals surface area (Å²) in [5.74, 6) is 0. The first kappa shape index (κ1) is 22.4. The van der Waals surface area contributed by atoms with Gasteiger partial charge in [0.2, 0.25) is 0 Å². The van der Waals surface area contributed by atoms with Crippen LogP contribution in [0, 0.1) is 0 Å². The quantitative estimate of drug-likeness (QED) is 0.289. The van der Waals surface area contributed by atoms with E-state index in [9.17, 15) is 13.0 Å². The maximum Gasteiger partial charge on any atom is 1.00 e. The number of hydrogen-bond donors (Lipinski definition) is 0. The molecule has 0 saturated carbocycles. The number of hydrogen-bond acceptors (Lipinski definition) is 4. The van der Waals surface area contributed by atoms with Crippen LogP contribution in [0.5, 0.6) is 0 Å². The van der Waals surface area contributed by atoms with Crippen LogP contribution in [0.3, 0.4) is 0 Å². The standard InChI is InChI=1S/C2H4O3S.2Na.H2O/c1-2-6(3,4)5;;;/h2H,1H2,(H,3,4,5);;;1H2/q;2*+1;/p-2. The molecular formula is C2H4Na2O4S. The Balaban J connectivity index is -0.0000000417. The van der Waals surface area contributed by atoms with E-state index in [0.29, 0.717) is 5.41 Å². The first-order valence-corrected chi connectivity index (χ1v) is 2.62. The monoisotopic (exact) mass is 170 g/mol. The zero-order valence-electron chi connectivity index (χ0n) is 5.36. The Hall–Kier alpha value is 1.61. The Kier molecular flexibility index (Phi) is 23.9. The second kappa shape index (κ2) is 9.61. The molecule has 0 rings (SSSR count). The smallest absolute Gasteiger partial charge is 0.870 e. The third-order valence-electron chi connectivity index (χ3n) is 0.204. The Bertz CT molecular complexity index is 127. The molecule has 0 amide bonds. The normalized spacial score (nSPS) is 7.22. The van der Waals surface area contributed by atoms with Gasteiger partial charge in [-0.2, -0.15) is 0 Å². The van der Waals surface area contributed by atoms with Crippen LogP contribution in [0.25, 0.3) is 0 Å². The molecule has 0 aromatic heterocycles. The van der Waals surface area contributed by atoms with Gasteiger partial charge in [0.25, 0.3) is 0 Å². The molecule has 0 unspecified atom stereocenters. The van der Waals surface area contributed by atoms with E-state index in [-0.39, 0.29) is 64.6 Å². The summed E-state index contributed by atoms with van der Waals surface area (Å²) in [7, 11) is -4.15. The third kappa shape index (κ3) is 26.2. The molecule has 9 heavy (non-hydrogen) atoms. The van der Waals surface area contributed by atoms with Gasteiger partial charge in [0, 0.05) is 5.41 Å². The van der Waals surface area contributed by atoms with Gasteiger partial charge in [0.15, 0.2) is 0 Å². The molecule has 0 atom stereocenters. The number of rotatable bonds is 1. The minimum absolute atomic E-state index is 0. The van der Waals surface area contributed by atoms with Gasteiger partial charge in [-0.1, -0.05) is 6.58 Å². The summed E-state index contributed by atoms with van der Waals surface area (Å²) in [6.07, 6.45) is 0. The molecule has 0 heterocycles. The van der Waals surface area contributed by atoms with Crippen LogP contribution in [0.15, 0.2) is 12.0 Å². The minimum Gasteiger partial charge on any atom is -0.870 e. The van der Waals surface area contributed by atoms with E-state index >= 15 is 0 Å². The summed E-state index contributed by atoms with van der Waals surface area (Å²) in [6.45, 7) is 2.73. The molecule has 4 nitrogen and oxygen atoms in total. The molecule has 0 aromatic carbocycles. The first-order chi connectivity index (χ1) is 2.56. The SMILES string of the molecule is C=CS(=O)(=O)[O-].[Na+].[Na+].[OH-]. The minimum atomic E-state index is -4.15. The average Bonchev–Trinajstić information content (AvgIpc) is 1.35. The van der Waals surface area contributed by atoms with Crippen molar-refractivity contribution >= 4 is 10.1 Å². The molecule has 1 N–H and O–H groups in total. The van der Waals surface area contributed by atoms with Crippen LogP contribution in [-0.2, 0) is 10.1 Å². The van der Waals surface area contributed by atoms with Crippen LogP contribution in [0.4, 0.5) is 0 Å². The van der Waals surface area contributed by atoms with Gasteiger partial charge in [0.1, 0.15) is 10.1 Å². The van der Waals surface area contributed by atoms with E-state index in [1.54, 1.807) is 0 Å². The summed E-state index contributed by atoms with van der Waals surface area (Å²) in [5, 5.41) is 0.354. The molecule has 0 fully saturated rings. The molecule has 44 valence electrons. The van der Waals surface area contributed by atoms with E-state index in [0.717, 1.165) is 0 Å². The molecule has 0 saturated heterocycles. The van der Waals surface area contributed by atoms with Crippen molar-refractivity contribution in [2.45, 2.75) is 0 Å². The van der Waals surface area contributed by atoms with E-state index < -0.39 is 10.1 Å². The Morgan fingerprint density at radius 2 is 1.44 bits per heavy atom. The summed E-state index contributed by atoms with van der Waals surface area (Å²) in [6, 6.07) is 0. The summed E-state index contributed by atoms with van der Waals surface area (Å²) < 4.78 is 28.0. The van der Waals surface area contributed by atoms with Crippen LogP contribution >= 0.6 is 0 Å². The summed E-state index contributed by atoms with van der Waals surface area (Å²) >= 11 is 0. The van der Waals surface area contributed by atoms with E-state index in [2.05, 4.69) is 6.58 Å². The Morgan fingerprint density at radius 3 is 1.44 bits per heavy atom. The molecule has 7 heteroatoms. The summed E-state index contributed by atoms with van der Waals surface area (Å²) in [4.78, 5) is 0. The van der Waals surface area contributed by atoms with Crippen LogP contribution in [-0.4, -0.2) is 18.4 Å². The van der Waals surface area contributed by atoms with Gasteiger partial charge >= 0.3 is 59.1 Å². The Morgan fingerprint density at radius 1 is 1.33 bits per heavy atom. The molecule has 0 aromatic rings. The zero-order valence-corrected chi connectivity index (χ0v) is 10.2. The van der Waals surface area contributed by atoms with Gasteiger partial charge in [-0.3, -0.25) is 0 Å². The van der Waals surface area contributed by atoms with Crippen molar-refractivity contribution in [3.8, 4) is 0 Å². The molecule has 0 spiro atoms. The van der Waals surface area contributed by atoms with Crippen molar-refractivity contribution < 1.29 is 77.6 Å². The van der Waals surface area contributed by atoms with Gasteiger partial charge in [-0.15, -0.1) is 0 Å². The average molecular weight is 170 g/mol. The molecule has 0 aliphatic carbocycles. The fourth-order valence-electron chi connectivity index (χ4n) is 0. The van der Waals surface area contributed by atoms with E-state index in [1.807, 2.05) is 0 Å². The van der Waals surface area contributed by atoms with Gasteiger partial charge in [0.05, 0.1) is 0 Å². The van der Waals surface area contributed by atoms with Gasteiger partial charge in [-0.25, -0.2) is 8.42 Å². The van der Waals surface area contributed by atoms with Gasteiger partial charge < -0.3 is 10.0 Å². The zero-order chi connectivity index (χ0) is 5.21. The summed E-state index contributed by atoms with van der Waals surface area (Å²) in [5.41, 5.74) is 0. The topological polar surface area (TPSA) is 87.2 Å². The molecule has 0 aliphatic heterocycles. The van der Waals surface area contributed by atoms with Crippen molar-refractivity contribution in [2.24, 2.45) is 0 Å². The van der Waals surface area contributed by atoms with Crippen molar-refractivity contribution in [2.75, 3.05) is 0 Å². The maximum absolute atomic E-state index is 9.33. The molecule has 0 radical (unpaired) electrons. The second-order valence-corrected chi connectivity index (χ2v) is 1.98. The predicted molar refractivity (Wildman–Crippen MR) is 21.8 cm³/mol. The van der Waals surface area contributed by atoms with Crippen molar-refractivity contribution in [3.05, 3.63) is 12.0 Å². The fraction of sp³-hybridized carbons (Fsp3) is 0. The van der Waals surface area contributed by atoms with Gasteiger partial charge in [-0.05, 0) is 0 Å². The third-order valence-corrected chi connectivity index (χ3v) is 0.612. The maximum atomic E-state index is 9.33. The first-order valence-electron chi connectivity index (χ1n) is 1.14.